The minimum atomic E-state index is -0.354. The Morgan fingerprint density at radius 3 is 2.76 bits per heavy atom. The van der Waals surface area contributed by atoms with E-state index >= 15 is 0 Å². The number of aromatic nitrogens is 1. The first-order chi connectivity index (χ1) is 9.97. The van der Waals surface area contributed by atoms with Gasteiger partial charge in [0.1, 0.15) is 0 Å². The first-order valence-electron chi connectivity index (χ1n) is 6.70. The maximum absolute atomic E-state index is 12.2. The van der Waals surface area contributed by atoms with E-state index in [2.05, 4.69) is 5.32 Å². The lowest BCUT2D eigenvalue weighted by Crippen LogP contribution is -2.30. The molecule has 1 aromatic carbocycles. The zero-order valence-corrected chi connectivity index (χ0v) is 13.1. The van der Waals surface area contributed by atoms with Crippen LogP contribution in [0.5, 0.6) is 0 Å². The molecule has 1 aromatic heterocycles. The molecule has 0 saturated carbocycles. The van der Waals surface area contributed by atoms with E-state index in [4.69, 9.17) is 0 Å². The first-order valence-corrected chi connectivity index (χ1v) is 7.58. The Bertz CT molecular complexity index is 658. The predicted octanol–water partition coefficient (Wildman–Crippen LogP) is 3.06. The summed E-state index contributed by atoms with van der Waals surface area (Å²) in [5, 5.41) is 14.7. The van der Waals surface area contributed by atoms with Crippen LogP contribution in [0.15, 0.2) is 47.6 Å². The quantitative estimate of drug-likeness (QED) is 0.536. The normalized spacial score (nSPS) is 12.0. The summed E-state index contributed by atoms with van der Waals surface area (Å²) in [5.74, 6) is -0.113. The molecule has 2 rings (SSSR count). The highest BCUT2D eigenvalue weighted by molar-refractivity contribution is 8.00. The second-order valence-corrected chi connectivity index (χ2v) is 6.29. The number of nitrogens with one attached hydrogen (secondary N) is 1. The standard InChI is InChI=1S/C16H18N2O2S/c1-11-7-8-12(2)14(10-11)17-16(19)13(3)21-15-6-4-5-9-18(15)20/h4-10,13H,1-3H3,(H,17,19)/t13-/m0/s1. The Morgan fingerprint density at radius 1 is 1.29 bits per heavy atom. The Labute approximate surface area is 128 Å². The molecule has 0 radical (unpaired) electrons. The van der Waals surface area contributed by atoms with Crippen LogP contribution in [-0.2, 0) is 4.79 Å². The van der Waals surface area contributed by atoms with E-state index < -0.39 is 0 Å². The number of carbonyl (C=O) groups excluding carboxylic acids is 1. The molecule has 110 valence electrons. The van der Waals surface area contributed by atoms with Gasteiger partial charge in [-0.1, -0.05) is 12.1 Å². The summed E-state index contributed by atoms with van der Waals surface area (Å²) in [6.07, 6.45) is 1.43. The highest BCUT2D eigenvalue weighted by atomic mass is 32.2. The Hall–Kier alpha value is -2.01. The number of rotatable bonds is 4. The number of aryl methyl sites for hydroxylation is 2. The molecule has 0 unspecified atom stereocenters. The SMILES string of the molecule is Cc1ccc(C)c(NC(=O)[C@H](C)Sc2cccc[n+]2[O-])c1. The molecular formula is C16H18N2O2S. The maximum Gasteiger partial charge on any atom is 0.252 e. The lowest BCUT2D eigenvalue weighted by molar-refractivity contribution is -0.645. The number of anilines is 1. The third-order valence-corrected chi connectivity index (χ3v) is 4.23. The molecule has 21 heavy (non-hydrogen) atoms. The number of nitrogens with zero attached hydrogens (tertiary/aromatic N) is 1. The van der Waals surface area contributed by atoms with Crippen LogP contribution < -0.4 is 10.0 Å². The van der Waals surface area contributed by atoms with E-state index in [9.17, 15) is 10.0 Å². The maximum atomic E-state index is 12.2. The van der Waals surface area contributed by atoms with E-state index in [1.165, 1.54) is 18.0 Å². The van der Waals surface area contributed by atoms with Gasteiger partial charge in [-0.3, -0.25) is 4.79 Å². The molecule has 0 saturated heterocycles. The van der Waals surface area contributed by atoms with Crippen molar-refractivity contribution in [3.63, 3.8) is 0 Å². The average Bonchev–Trinajstić information content (AvgIpc) is 2.45. The summed E-state index contributed by atoms with van der Waals surface area (Å²) in [6.45, 7) is 5.73. The van der Waals surface area contributed by atoms with E-state index in [0.717, 1.165) is 21.5 Å². The van der Waals surface area contributed by atoms with E-state index in [-0.39, 0.29) is 11.2 Å². The molecule has 4 nitrogen and oxygen atoms in total. The van der Waals surface area contributed by atoms with Crippen LogP contribution in [0.25, 0.3) is 0 Å². The van der Waals surface area contributed by atoms with Gasteiger partial charge in [0, 0.05) is 17.8 Å². The minimum absolute atomic E-state index is 0.113. The fourth-order valence-electron chi connectivity index (χ4n) is 1.84. The Balaban J connectivity index is 2.06. The Kier molecular flexibility index (Phi) is 4.85. The lowest BCUT2D eigenvalue weighted by Gasteiger charge is -2.13. The molecule has 0 aliphatic heterocycles. The molecule has 0 bridgehead atoms. The lowest BCUT2D eigenvalue weighted by atomic mass is 10.1. The number of hydrogen-bond acceptors (Lipinski definition) is 3. The highest BCUT2D eigenvalue weighted by Crippen LogP contribution is 2.22. The van der Waals surface area contributed by atoms with Crippen molar-refractivity contribution < 1.29 is 9.52 Å². The summed E-state index contributed by atoms with van der Waals surface area (Å²) in [6, 6.07) is 11.1. The van der Waals surface area contributed by atoms with Gasteiger partial charge in [-0.2, -0.15) is 4.73 Å². The summed E-state index contributed by atoms with van der Waals surface area (Å²) in [4.78, 5) is 12.2. The van der Waals surface area contributed by atoms with Gasteiger partial charge >= 0.3 is 0 Å². The molecule has 0 spiro atoms. The fraction of sp³-hybridized carbons (Fsp3) is 0.250. The topological polar surface area (TPSA) is 56.0 Å². The van der Waals surface area contributed by atoms with Crippen molar-refractivity contribution in [2.75, 3.05) is 5.32 Å². The van der Waals surface area contributed by atoms with Gasteiger partial charge in [0.2, 0.25) is 5.91 Å². The molecule has 1 N–H and O–H groups in total. The van der Waals surface area contributed by atoms with Gasteiger partial charge in [0.25, 0.3) is 5.03 Å². The first kappa shape index (κ1) is 15.4. The minimum Gasteiger partial charge on any atom is -0.618 e. The zero-order chi connectivity index (χ0) is 15.4. The molecule has 1 atom stereocenters. The van der Waals surface area contributed by atoms with Crippen molar-refractivity contribution in [2.45, 2.75) is 31.0 Å². The van der Waals surface area contributed by atoms with Crippen LogP contribution in [0.2, 0.25) is 0 Å². The number of thioether (sulfide) groups is 1. The van der Waals surface area contributed by atoms with E-state index in [0.29, 0.717) is 5.03 Å². The van der Waals surface area contributed by atoms with Crippen molar-refractivity contribution >= 4 is 23.4 Å². The number of carbonyl (C=O) groups is 1. The van der Waals surface area contributed by atoms with Crippen LogP contribution in [0.3, 0.4) is 0 Å². The van der Waals surface area contributed by atoms with Gasteiger partial charge in [0.05, 0.1) is 5.25 Å². The summed E-state index contributed by atoms with van der Waals surface area (Å²) in [5.41, 5.74) is 2.93. The summed E-state index contributed by atoms with van der Waals surface area (Å²) < 4.78 is 0.770. The van der Waals surface area contributed by atoms with Gasteiger partial charge < -0.3 is 10.5 Å². The smallest absolute Gasteiger partial charge is 0.252 e. The molecule has 0 fully saturated rings. The largest absolute Gasteiger partial charge is 0.618 e. The second kappa shape index (κ2) is 6.63. The van der Waals surface area contributed by atoms with E-state index in [1.54, 1.807) is 25.1 Å². The number of pyridine rings is 1. The average molecular weight is 302 g/mol. The number of benzene rings is 1. The zero-order valence-electron chi connectivity index (χ0n) is 12.3. The van der Waals surface area contributed by atoms with Gasteiger partial charge in [-0.15, -0.1) is 0 Å². The van der Waals surface area contributed by atoms with Gasteiger partial charge in [0.15, 0.2) is 6.20 Å². The molecule has 2 aromatic rings. The van der Waals surface area contributed by atoms with Crippen molar-refractivity contribution in [3.8, 4) is 0 Å². The van der Waals surface area contributed by atoms with Crippen LogP contribution >= 0.6 is 11.8 Å². The van der Waals surface area contributed by atoms with Crippen molar-refractivity contribution in [2.24, 2.45) is 0 Å². The third kappa shape index (κ3) is 3.98. The van der Waals surface area contributed by atoms with Crippen LogP contribution in [0, 0.1) is 19.1 Å². The highest BCUT2D eigenvalue weighted by Gasteiger charge is 2.19. The van der Waals surface area contributed by atoms with Gasteiger partial charge in [-0.05, 0) is 55.8 Å². The summed E-state index contributed by atoms with van der Waals surface area (Å²) in [7, 11) is 0. The monoisotopic (exact) mass is 302 g/mol. The van der Waals surface area contributed by atoms with Crippen molar-refractivity contribution in [1.82, 2.24) is 0 Å². The molecule has 1 amide bonds. The Morgan fingerprint density at radius 2 is 2.05 bits per heavy atom. The summed E-state index contributed by atoms with van der Waals surface area (Å²) >= 11 is 1.25. The van der Waals surface area contributed by atoms with Gasteiger partial charge in [-0.25, -0.2) is 0 Å². The molecule has 0 aliphatic carbocycles. The fourth-order valence-corrected chi connectivity index (χ4v) is 2.69. The second-order valence-electron chi connectivity index (χ2n) is 4.93. The van der Waals surface area contributed by atoms with Crippen LogP contribution in [0.4, 0.5) is 5.69 Å². The molecule has 1 heterocycles. The number of amides is 1. The molecule has 5 heteroatoms. The third-order valence-electron chi connectivity index (χ3n) is 3.11. The molecule has 0 aliphatic rings. The van der Waals surface area contributed by atoms with Crippen molar-refractivity contribution in [1.29, 1.82) is 0 Å². The van der Waals surface area contributed by atoms with Crippen LogP contribution in [-0.4, -0.2) is 11.2 Å². The van der Waals surface area contributed by atoms with Crippen LogP contribution in [0.1, 0.15) is 18.1 Å². The van der Waals surface area contributed by atoms with E-state index in [1.807, 2.05) is 32.0 Å². The number of hydrogen-bond donors (Lipinski definition) is 1. The predicted molar refractivity (Wildman–Crippen MR) is 85.3 cm³/mol. The van der Waals surface area contributed by atoms with Crippen molar-refractivity contribution in [3.05, 3.63) is 58.9 Å². The molecular weight excluding hydrogens is 284 g/mol.